The molecule has 1 aliphatic heterocycles. The monoisotopic (exact) mass is 315 g/mol. The summed E-state index contributed by atoms with van der Waals surface area (Å²) in [5.74, 6) is -0.563. The number of benzene rings is 1. The number of carbonyl (C=O) groups is 2. The second kappa shape index (κ2) is 5.14. The Morgan fingerprint density at radius 1 is 1.40 bits per heavy atom. The fourth-order valence-electron chi connectivity index (χ4n) is 2.17. The molecule has 0 aromatic heterocycles. The van der Waals surface area contributed by atoms with E-state index >= 15 is 0 Å². The first-order valence-corrected chi connectivity index (χ1v) is 6.85. The first-order chi connectivity index (χ1) is 9.25. The summed E-state index contributed by atoms with van der Waals surface area (Å²) >= 11 is 12.0. The molecule has 108 valence electrons. The second-order valence-corrected chi connectivity index (χ2v) is 5.92. The fraction of sp³-hybridized carbons (Fsp3) is 0.385. The lowest BCUT2D eigenvalue weighted by Gasteiger charge is -2.41. The van der Waals surface area contributed by atoms with Crippen molar-refractivity contribution in [2.75, 3.05) is 18.8 Å². The van der Waals surface area contributed by atoms with Crippen LogP contribution in [0.25, 0.3) is 0 Å². The number of rotatable bonds is 1. The van der Waals surface area contributed by atoms with E-state index in [0.29, 0.717) is 18.8 Å². The first-order valence-electron chi connectivity index (χ1n) is 6.10. The quantitative estimate of drug-likeness (QED) is 0.777. The standard InChI is InChI=1S/C13H15Cl2N3O2/c1-13(2)12(20)17-3-4-18(13)11(19)8-5-7(16)6-9(14)10(8)15/h5-6H,3-4,16H2,1-2H3,(H,17,20). The van der Waals surface area contributed by atoms with Crippen LogP contribution >= 0.6 is 23.2 Å². The van der Waals surface area contributed by atoms with E-state index in [1.807, 2.05) is 0 Å². The number of halogens is 2. The van der Waals surface area contributed by atoms with Gasteiger partial charge in [-0.2, -0.15) is 0 Å². The number of piperazine rings is 1. The highest BCUT2D eigenvalue weighted by atomic mass is 35.5. The van der Waals surface area contributed by atoms with Gasteiger partial charge < -0.3 is 16.0 Å². The van der Waals surface area contributed by atoms with Crippen LogP contribution in [0, 0.1) is 0 Å². The van der Waals surface area contributed by atoms with Crippen LogP contribution in [0.1, 0.15) is 24.2 Å². The minimum atomic E-state index is -0.949. The van der Waals surface area contributed by atoms with E-state index < -0.39 is 5.54 Å². The Morgan fingerprint density at radius 2 is 2.05 bits per heavy atom. The van der Waals surface area contributed by atoms with Crippen molar-refractivity contribution in [2.24, 2.45) is 0 Å². The number of anilines is 1. The molecule has 0 aliphatic carbocycles. The maximum Gasteiger partial charge on any atom is 0.256 e. The third-order valence-electron chi connectivity index (χ3n) is 3.38. The minimum absolute atomic E-state index is 0.146. The van der Waals surface area contributed by atoms with Gasteiger partial charge in [0, 0.05) is 18.8 Å². The molecular formula is C13H15Cl2N3O2. The van der Waals surface area contributed by atoms with Gasteiger partial charge in [-0.25, -0.2) is 0 Å². The van der Waals surface area contributed by atoms with E-state index in [1.54, 1.807) is 13.8 Å². The molecule has 3 N–H and O–H groups in total. The summed E-state index contributed by atoms with van der Waals surface area (Å²) < 4.78 is 0. The van der Waals surface area contributed by atoms with Gasteiger partial charge in [0.1, 0.15) is 5.54 Å². The highest BCUT2D eigenvalue weighted by Gasteiger charge is 2.41. The van der Waals surface area contributed by atoms with Crippen molar-refractivity contribution in [3.63, 3.8) is 0 Å². The number of hydrogen-bond acceptors (Lipinski definition) is 3. The first kappa shape index (κ1) is 14.9. The zero-order valence-corrected chi connectivity index (χ0v) is 12.7. The number of nitrogens with one attached hydrogen (secondary N) is 1. The molecule has 1 aromatic rings. The van der Waals surface area contributed by atoms with Gasteiger partial charge in [0.15, 0.2) is 0 Å². The van der Waals surface area contributed by atoms with Crippen LogP contribution in [0.5, 0.6) is 0 Å². The zero-order valence-electron chi connectivity index (χ0n) is 11.2. The molecule has 0 saturated carbocycles. The van der Waals surface area contributed by atoms with Gasteiger partial charge in [-0.15, -0.1) is 0 Å². The minimum Gasteiger partial charge on any atom is -0.399 e. The molecule has 2 amide bonds. The molecule has 0 bridgehead atoms. The molecule has 20 heavy (non-hydrogen) atoms. The molecule has 7 heteroatoms. The third-order valence-corrected chi connectivity index (χ3v) is 4.18. The molecule has 5 nitrogen and oxygen atoms in total. The number of hydrogen-bond donors (Lipinski definition) is 2. The molecule has 0 unspecified atom stereocenters. The Hall–Kier alpha value is -1.46. The summed E-state index contributed by atoms with van der Waals surface area (Å²) in [4.78, 5) is 26.0. The number of nitrogens with two attached hydrogens (primary N) is 1. The second-order valence-electron chi connectivity index (χ2n) is 5.14. The van der Waals surface area contributed by atoms with Crippen molar-refractivity contribution < 1.29 is 9.59 Å². The smallest absolute Gasteiger partial charge is 0.256 e. The topological polar surface area (TPSA) is 75.4 Å². The van der Waals surface area contributed by atoms with Gasteiger partial charge >= 0.3 is 0 Å². The van der Waals surface area contributed by atoms with Crippen molar-refractivity contribution in [3.05, 3.63) is 27.7 Å². The van der Waals surface area contributed by atoms with Crippen LogP contribution in [0.2, 0.25) is 10.0 Å². The van der Waals surface area contributed by atoms with Crippen molar-refractivity contribution in [3.8, 4) is 0 Å². The van der Waals surface area contributed by atoms with Crippen molar-refractivity contribution in [1.29, 1.82) is 0 Å². The number of amides is 2. The van der Waals surface area contributed by atoms with Gasteiger partial charge in [-0.3, -0.25) is 9.59 Å². The largest absolute Gasteiger partial charge is 0.399 e. The fourth-order valence-corrected chi connectivity index (χ4v) is 2.58. The summed E-state index contributed by atoms with van der Waals surface area (Å²) in [5.41, 5.74) is 5.31. The zero-order chi connectivity index (χ0) is 15.1. The van der Waals surface area contributed by atoms with Crippen LogP contribution < -0.4 is 11.1 Å². The van der Waals surface area contributed by atoms with E-state index in [2.05, 4.69) is 5.32 Å². The molecule has 2 rings (SSSR count). The van der Waals surface area contributed by atoms with E-state index in [1.165, 1.54) is 17.0 Å². The van der Waals surface area contributed by atoms with Gasteiger partial charge in [0.25, 0.3) is 5.91 Å². The van der Waals surface area contributed by atoms with Gasteiger partial charge in [-0.05, 0) is 26.0 Å². The number of nitrogen functional groups attached to an aromatic ring is 1. The summed E-state index contributed by atoms with van der Waals surface area (Å²) in [7, 11) is 0. The normalized spacial score (nSPS) is 17.8. The van der Waals surface area contributed by atoms with E-state index in [0.717, 1.165) is 0 Å². The lowest BCUT2D eigenvalue weighted by molar-refractivity contribution is -0.133. The highest BCUT2D eigenvalue weighted by Crippen LogP contribution is 2.31. The molecule has 1 aromatic carbocycles. The predicted octanol–water partition coefficient (Wildman–Crippen LogP) is 1.93. The molecule has 1 heterocycles. The van der Waals surface area contributed by atoms with Gasteiger partial charge in [0.05, 0.1) is 15.6 Å². The maximum atomic E-state index is 12.6. The lowest BCUT2D eigenvalue weighted by Crippen LogP contribution is -2.63. The van der Waals surface area contributed by atoms with E-state index in [4.69, 9.17) is 28.9 Å². The summed E-state index contributed by atoms with van der Waals surface area (Å²) in [5, 5.41) is 3.09. The van der Waals surface area contributed by atoms with Crippen LogP contribution in [-0.4, -0.2) is 35.3 Å². The van der Waals surface area contributed by atoms with Crippen molar-refractivity contribution in [2.45, 2.75) is 19.4 Å². The van der Waals surface area contributed by atoms with Gasteiger partial charge in [-0.1, -0.05) is 23.2 Å². The average Bonchev–Trinajstić information content (AvgIpc) is 2.36. The Morgan fingerprint density at radius 3 is 2.70 bits per heavy atom. The highest BCUT2D eigenvalue weighted by molar-refractivity contribution is 6.44. The third kappa shape index (κ3) is 2.43. The Balaban J connectivity index is 2.44. The van der Waals surface area contributed by atoms with Crippen LogP contribution in [-0.2, 0) is 4.79 Å². The van der Waals surface area contributed by atoms with Crippen LogP contribution in [0.3, 0.4) is 0 Å². The maximum absolute atomic E-state index is 12.6. The average molecular weight is 316 g/mol. The van der Waals surface area contributed by atoms with Gasteiger partial charge in [0.2, 0.25) is 5.91 Å². The van der Waals surface area contributed by atoms with Crippen LogP contribution in [0.15, 0.2) is 12.1 Å². The summed E-state index contributed by atoms with van der Waals surface area (Å²) in [6, 6.07) is 2.95. The molecule has 0 atom stereocenters. The Labute approximate surface area is 127 Å². The lowest BCUT2D eigenvalue weighted by atomic mass is 9.97. The van der Waals surface area contributed by atoms with E-state index in [9.17, 15) is 9.59 Å². The summed E-state index contributed by atoms with van der Waals surface area (Å²) in [6.45, 7) is 4.17. The van der Waals surface area contributed by atoms with Crippen molar-refractivity contribution in [1.82, 2.24) is 10.2 Å². The molecule has 0 spiro atoms. The number of nitrogens with zero attached hydrogens (tertiary/aromatic N) is 1. The predicted molar refractivity (Wildman–Crippen MR) is 79.0 cm³/mol. The molecular weight excluding hydrogens is 301 g/mol. The summed E-state index contributed by atoms with van der Waals surface area (Å²) in [6.07, 6.45) is 0. The van der Waals surface area contributed by atoms with E-state index in [-0.39, 0.29) is 27.4 Å². The molecule has 1 saturated heterocycles. The Bertz CT molecular complexity index is 587. The molecule has 1 aliphatic rings. The number of carbonyl (C=O) groups excluding carboxylic acids is 2. The molecule has 1 fully saturated rings. The Kier molecular flexibility index (Phi) is 3.84. The SMILES string of the molecule is CC1(C)C(=O)NCCN1C(=O)c1cc(N)cc(Cl)c1Cl. The van der Waals surface area contributed by atoms with Crippen molar-refractivity contribution >= 4 is 40.7 Å². The molecule has 0 radical (unpaired) electrons. The van der Waals surface area contributed by atoms with Crippen LogP contribution in [0.4, 0.5) is 5.69 Å².